The van der Waals surface area contributed by atoms with Gasteiger partial charge in [0.25, 0.3) is 0 Å². The molecule has 0 atom stereocenters. The average Bonchev–Trinajstić information content (AvgIpc) is 2.91. The lowest BCUT2D eigenvalue weighted by atomic mass is 9.82. The molecule has 112 valence electrons. The van der Waals surface area contributed by atoms with Crippen LogP contribution < -0.4 is 4.90 Å². The van der Waals surface area contributed by atoms with Gasteiger partial charge in [-0.05, 0) is 24.7 Å². The highest BCUT2D eigenvalue weighted by Gasteiger charge is 2.35. The molecular formula is C16H27N3O. The first-order chi connectivity index (χ1) is 9.55. The molecule has 1 aliphatic heterocycles. The summed E-state index contributed by atoms with van der Waals surface area (Å²) in [5, 5.41) is 9.61. The highest BCUT2D eigenvalue weighted by molar-refractivity contribution is 5.50. The van der Waals surface area contributed by atoms with Crippen molar-refractivity contribution < 1.29 is 5.11 Å². The van der Waals surface area contributed by atoms with Gasteiger partial charge in [-0.25, -0.2) is 9.97 Å². The third-order valence-corrected chi connectivity index (χ3v) is 4.81. The maximum absolute atomic E-state index is 9.61. The first kappa shape index (κ1) is 15.2. The average molecular weight is 277 g/mol. The third kappa shape index (κ3) is 2.80. The molecule has 1 saturated heterocycles. The van der Waals surface area contributed by atoms with Gasteiger partial charge in [-0.15, -0.1) is 0 Å². The number of rotatable bonds is 5. The lowest BCUT2D eigenvalue weighted by Crippen LogP contribution is -2.27. The number of aromatic nitrogens is 2. The van der Waals surface area contributed by atoms with E-state index in [9.17, 15) is 5.11 Å². The molecule has 4 heteroatoms. The van der Waals surface area contributed by atoms with Crippen LogP contribution in [-0.2, 0) is 6.61 Å². The Morgan fingerprint density at radius 3 is 2.55 bits per heavy atom. The lowest BCUT2D eigenvalue weighted by molar-refractivity contribution is 0.275. The second-order valence-electron chi connectivity index (χ2n) is 6.25. The van der Waals surface area contributed by atoms with Gasteiger partial charge in [-0.3, -0.25) is 0 Å². The molecule has 0 radical (unpaired) electrons. The summed E-state index contributed by atoms with van der Waals surface area (Å²) in [5.41, 5.74) is 2.20. The van der Waals surface area contributed by atoms with Gasteiger partial charge >= 0.3 is 0 Å². The largest absolute Gasteiger partial charge is 0.390 e. The molecule has 0 aromatic carbocycles. The Morgan fingerprint density at radius 1 is 1.35 bits per heavy atom. The topological polar surface area (TPSA) is 49.2 Å². The van der Waals surface area contributed by atoms with Gasteiger partial charge in [0.15, 0.2) is 0 Å². The molecule has 0 amide bonds. The summed E-state index contributed by atoms with van der Waals surface area (Å²) in [6.45, 7) is 10.8. The van der Waals surface area contributed by atoms with Crippen LogP contribution in [0.4, 0.5) is 5.69 Å². The Labute approximate surface area is 122 Å². The second-order valence-corrected chi connectivity index (χ2v) is 6.25. The molecule has 0 aliphatic carbocycles. The normalized spacial score (nSPS) is 18.0. The summed E-state index contributed by atoms with van der Waals surface area (Å²) in [7, 11) is 0. The van der Waals surface area contributed by atoms with Crippen LogP contribution in [0.1, 0.15) is 64.4 Å². The maximum atomic E-state index is 9.61. The Balaban J connectivity index is 2.26. The smallest absolute Gasteiger partial charge is 0.131 e. The minimum absolute atomic E-state index is 0.0146. The molecule has 0 unspecified atom stereocenters. The Kier molecular flexibility index (Phi) is 4.63. The predicted octanol–water partition coefficient (Wildman–Crippen LogP) is 3.11. The SMILES string of the molecule is CCC1(CC)CCN(c2cnc(C(C)C)nc2CO)C1. The van der Waals surface area contributed by atoms with Crippen molar-refractivity contribution in [1.29, 1.82) is 0 Å². The summed E-state index contributed by atoms with van der Waals surface area (Å²) >= 11 is 0. The molecule has 1 fully saturated rings. The van der Waals surface area contributed by atoms with E-state index in [2.05, 4.69) is 42.6 Å². The van der Waals surface area contributed by atoms with Crippen molar-refractivity contribution >= 4 is 5.69 Å². The van der Waals surface area contributed by atoms with E-state index in [0.717, 1.165) is 30.3 Å². The van der Waals surface area contributed by atoms with Crippen LogP contribution >= 0.6 is 0 Å². The van der Waals surface area contributed by atoms with Gasteiger partial charge in [0.1, 0.15) is 5.82 Å². The van der Waals surface area contributed by atoms with E-state index in [-0.39, 0.29) is 6.61 Å². The predicted molar refractivity (Wildman–Crippen MR) is 81.9 cm³/mol. The molecular weight excluding hydrogens is 250 g/mol. The van der Waals surface area contributed by atoms with Crippen LogP contribution in [0, 0.1) is 5.41 Å². The van der Waals surface area contributed by atoms with Gasteiger partial charge in [-0.2, -0.15) is 0 Å². The molecule has 2 rings (SSSR count). The van der Waals surface area contributed by atoms with Gasteiger partial charge in [0, 0.05) is 19.0 Å². The van der Waals surface area contributed by atoms with Crippen molar-refractivity contribution in [2.24, 2.45) is 5.41 Å². The number of aliphatic hydroxyl groups is 1. The summed E-state index contributed by atoms with van der Waals surface area (Å²) in [6.07, 6.45) is 5.53. The molecule has 4 nitrogen and oxygen atoms in total. The third-order valence-electron chi connectivity index (χ3n) is 4.81. The molecule has 20 heavy (non-hydrogen) atoms. The van der Waals surface area contributed by atoms with Crippen LogP contribution in [0.5, 0.6) is 0 Å². The van der Waals surface area contributed by atoms with Crippen LogP contribution in [0.25, 0.3) is 0 Å². The quantitative estimate of drug-likeness (QED) is 0.898. The fourth-order valence-corrected chi connectivity index (χ4v) is 3.05. The van der Waals surface area contributed by atoms with Crippen molar-refractivity contribution in [3.05, 3.63) is 17.7 Å². The van der Waals surface area contributed by atoms with Crippen molar-refractivity contribution in [1.82, 2.24) is 9.97 Å². The number of anilines is 1. The van der Waals surface area contributed by atoms with Crippen LogP contribution in [0.15, 0.2) is 6.20 Å². The fourth-order valence-electron chi connectivity index (χ4n) is 3.05. The van der Waals surface area contributed by atoms with E-state index in [1.807, 2.05) is 6.20 Å². The molecule has 1 aromatic heterocycles. The van der Waals surface area contributed by atoms with Crippen molar-refractivity contribution in [3.8, 4) is 0 Å². The van der Waals surface area contributed by atoms with Gasteiger partial charge in [0.2, 0.25) is 0 Å². The standard InChI is InChI=1S/C16H27N3O/c1-5-16(6-2)7-8-19(11-16)14-9-17-15(12(3)4)18-13(14)10-20/h9,12,20H,5-8,10-11H2,1-4H3. The monoisotopic (exact) mass is 277 g/mol. The van der Waals surface area contributed by atoms with Gasteiger partial charge in [0.05, 0.1) is 24.2 Å². The zero-order valence-corrected chi connectivity index (χ0v) is 13.2. The van der Waals surface area contributed by atoms with Crippen LogP contribution in [0.3, 0.4) is 0 Å². The van der Waals surface area contributed by atoms with Crippen LogP contribution in [0.2, 0.25) is 0 Å². The molecule has 1 N–H and O–H groups in total. The van der Waals surface area contributed by atoms with Crippen LogP contribution in [-0.4, -0.2) is 28.2 Å². The van der Waals surface area contributed by atoms with E-state index < -0.39 is 0 Å². The minimum Gasteiger partial charge on any atom is -0.390 e. The highest BCUT2D eigenvalue weighted by atomic mass is 16.3. The minimum atomic E-state index is -0.0146. The Hall–Kier alpha value is -1.16. The Morgan fingerprint density at radius 2 is 2.05 bits per heavy atom. The number of hydrogen-bond donors (Lipinski definition) is 1. The number of aliphatic hydroxyl groups excluding tert-OH is 1. The second kappa shape index (κ2) is 6.08. The van der Waals surface area contributed by atoms with Gasteiger partial charge < -0.3 is 10.0 Å². The van der Waals surface area contributed by atoms with E-state index in [1.54, 1.807) is 0 Å². The zero-order chi connectivity index (χ0) is 14.8. The first-order valence-electron chi connectivity index (χ1n) is 7.77. The Bertz CT molecular complexity index is 455. The van der Waals surface area contributed by atoms with E-state index in [0.29, 0.717) is 11.3 Å². The summed E-state index contributed by atoms with van der Waals surface area (Å²) in [5.74, 6) is 1.10. The van der Waals surface area contributed by atoms with E-state index in [1.165, 1.54) is 19.3 Å². The molecule has 2 heterocycles. The van der Waals surface area contributed by atoms with Crippen molar-refractivity contribution in [2.45, 2.75) is 59.5 Å². The molecule has 1 aromatic rings. The fraction of sp³-hybridized carbons (Fsp3) is 0.750. The van der Waals surface area contributed by atoms with E-state index in [4.69, 9.17) is 0 Å². The maximum Gasteiger partial charge on any atom is 0.131 e. The molecule has 0 spiro atoms. The summed E-state index contributed by atoms with van der Waals surface area (Å²) < 4.78 is 0. The summed E-state index contributed by atoms with van der Waals surface area (Å²) in [6, 6.07) is 0. The molecule has 1 aliphatic rings. The number of nitrogens with zero attached hydrogens (tertiary/aromatic N) is 3. The lowest BCUT2D eigenvalue weighted by Gasteiger charge is -2.27. The molecule has 0 bridgehead atoms. The number of hydrogen-bond acceptors (Lipinski definition) is 4. The molecule has 0 saturated carbocycles. The zero-order valence-electron chi connectivity index (χ0n) is 13.2. The van der Waals surface area contributed by atoms with Crippen molar-refractivity contribution in [2.75, 3.05) is 18.0 Å². The first-order valence-corrected chi connectivity index (χ1v) is 7.77. The van der Waals surface area contributed by atoms with Gasteiger partial charge in [-0.1, -0.05) is 27.7 Å². The van der Waals surface area contributed by atoms with Crippen molar-refractivity contribution in [3.63, 3.8) is 0 Å². The highest BCUT2D eigenvalue weighted by Crippen LogP contribution is 2.39. The summed E-state index contributed by atoms with van der Waals surface area (Å²) in [4.78, 5) is 11.3. The van der Waals surface area contributed by atoms with E-state index >= 15 is 0 Å².